The quantitative estimate of drug-likeness (QED) is 0.590. The van der Waals surface area contributed by atoms with E-state index in [0.29, 0.717) is 0 Å². The molecule has 0 spiro atoms. The first-order valence-electron chi connectivity index (χ1n) is 10.2. The maximum atomic E-state index is 11.4. The molecule has 0 aromatic heterocycles. The molecule has 3 nitrogen and oxygen atoms in total. The van der Waals surface area contributed by atoms with Crippen molar-refractivity contribution in [2.75, 3.05) is 0 Å². The van der Waals surface area contributed by atoms with Gasteiger partial charge in [-0.25, -0.2) is 4.79 Å². The second kappa shape index (κ2) is 7.75. The summed E-state index contributed by atoms with van der Waals surface area (Å²) in [5, 5.41) is 9.35. The van der Waals surface area contributed by atoms with Gasteiger partial charge in [-0.3, -0.25) is 0 Å². The Hall–Kier alpha value is -3.07. The molecule has 3 aromatic carbocycles. The molecule has 29 heavy (non-hydrogen) atoms. The summed E-state index contributed by atoms with van der Waals surface area (Å²) in [5.74, 6) is -0.0353. The number of carbonyl (C=O) groups is 1. The molecular weight excluding hydrogens is 360 g/mol. The number of hydrogen-bond donors (Lipinski definition) is 1. The van der Waals surface area contributed by atoms with Crippen LogP contribution in [0.5, 0.6) is 5.75 Å². The van der Waals surface area contributed by atoms with Gasteiger partial charge in [0.25, 0.3) is 0 Å². The van der Waals surface area contributed by atoms with E-state index in [2.05, 4.69) is 44.2 Å². The second-order valence-corrected chi connectivity index (χ2v) is 8.08. The summed E-state index contributed by atoms with van der Waals surface area (Å²) < 4.78 is 6.62. The average Bonchev–Trinajstić information content (AvgIpc) is 2.73. The lowest BCUT2D eigenvalue weighted by molar-refractivity contribution is 0.0660. The van der Waals surface area contributed by atoms with E-state index in [1.165, 1.54) is 16.7 Å². The van der Waals surface area contributed by atoms with Gasteiger partial charge in [0.15, 0.2) is 0 Å². The van der Waals surface area contributed by atoms with Crippen molar-refractivity contribution in [1.82, 2.24) is 0 Å². The largest absolute Gasteiger partial charge is 0.486 e. The Morgan fingerprint density at radius 2 is 1.76 bits per heavy atom. The summed E-state index contributed by atoms with van der Waals surface area (Å²) in [4.78, 5) is 11.4. The molecule has 148 valence electrons. The number of ether oxygens (including phenoxy) is 1. The Morgan fingerprint density at radius 3 is 2.48 bits per heavy atom. The summed E-state index contributed by atoms with van der Waals surface area (Å²) in [6, 6.07) is 22.0. The summed E-state index contributed by atoms with van der Waals surface area (Å²) in [6.07, 6.45) is 3.79. The number of carboxylic acid groups (broad SMARTS) is 1. The van der Waals surface area contributed by atoms with Gasteiger partial charge in [-0.05, 0) is 60.6 Å². The molecule has 0 fully saturated rings. The van der Waals surface area contributed by atoms with E-state index in [9.17, 15) is 9.90 Å². The Kier molecular flexibility index (Phi) is 5.14. The van der Waals surface area contributed by atoms with E-state index in [-0.39, 0.29) is 11.2 Å². The normalized spacial score (nSPS) is 18.0. The second-order valence-electron chi connectivity index (χ2n) is 8.08. The van der Waals surface area contributed by atoms with Crippen LogP contribution in [0.25, 0.3) is 11.1 Å². The fourth-order valence-electron chi connectivity index (χ4n) is 4.09. The molecule has 0 aliphatic carbocycles. The Balaban J connectivity index is 1.66. The van der Waals surface area contributed by atoms with Gasteiger partial charge >= 0.3 is 5.97 Å². The van der Waals surface area contributed by atoms with E-state index < -0.39 is 5.97 Å². The van der Waals surface area contributed by atoms with Crippen LogP contribution in [0.1, 0.15) is 47.3 Å². The van der Waals surface area contributed by atoms with Crippen molar-refractivity contribution >= 4 is 5.97 Å². The third-order valence-corrected chi connectivity index (χ3v) is 5.80. The lowest BCUT2D eigenvalue weighted by atomic mass is 9.85. The van der Waals surface area contributed by atoms with Crippen LogP contribution >= 0.6 is 0 Å². The Bertz CT molecular complexity index is 1040. The fraction of sp³-hybridized carbons (Fsp3) is 0.269. The van der Waals surface area contributed by atoms with Gasteiger partial charge < -0.3 is 9.84 Å². The van der Waals surface area contributed by atoms with Crippen molar-refractivity contribution in [3.8, 4) is 16.9 Å². The first-order valence-corrected chi connectivity index (χ1v) is 10.2. The van der Waals surface area contributed by atoms with Crippen LogP contribution in [-0.4, -0.2) is 16.7 Å². The highest BCUT2D eigenvalue weighted by molar-refractivity contribution is 5.90. The van der Waals surface area contributed by atoms with Gasteiger partial charge in [0.2, 0.25) is 0 Å². The zero-order valence-corrected chi connectivity index (χ0v) is 16.9. The zero-order chi connectivity index (χ0) is 20.4. The number of para-hydroxylation sites is 1. The van der Waals surface area contributed by atoms with E-state index in [1.807, 2.05) is 18.2 Å². The molecule has 1 aliphatic heterocycles. The standard InChI is InChI=1S/C26H26O3/c1-3-18-10-12-19(13-11-18)17-26(2)15-14-20-6-5-9-23(24(20)29-26)21-7-4-8-22(16-21)25(27)28/h4-13,16H,3,14-15,17H2,1-2H3,(H,27,28)/t26-/m0/s1. The number of aryl methyl sites for hydroxylation is 2. The number of rotatable bonds is 5. The molecule has 0 unspecified atom stereocenters. The molecule has 0 saturated carbocycles. The molecule has 3 aromatic rings. The molecule has 0 amide bonds. The van der Waals surface area contributed by atoms with E-state index in [4.69, 9.17) is 4.74 Å². The van der Waals surface area contributed by atoms with Gasteiger partial charge in [-0.15, -0.1) is 0 Å². The molecule has 3 heteroatoms. The van der Waals surface area contributed by atoms with Gasteiger partial charge in [0.1, 0.15) is 11.4 Å². The minimum Gasteiger partial charge on any atom is -0.486 e. The number of fused-ring (bicyclic) bond motifs is 1. The molecule has 1 heterocycles. The molecule has 1 aliphatic rings. The lowest BCUT2D eigenvalue weighted by Crippen LogP contribution is -2.38. The molecule has 1 atom stereocenters. The Labute approximate surface area is 172 Å². The Morgan fingerprint density at radius 1 is 1.03 bits per heavy atom. The first-order chi connectivity index (χ1) is 14.0. The number of hydrogen-bond acceptors (Lipinski definition) is 2. The van der Waals surface area contributed by atoms with Crippen molar-refractivity contribution in [2.24, 2.45) is 0 Å². The van der Waals surface area contributed by atoms with E-state index in [0.717, 1.165) is 42.6 Å². The summed E-state index contributed by atoms with van der Waals surface area (Å²) in [5.41, 5.74) is 5.63. The lowest BCUT2D eigenvalue weighted by Gasteiger charge is -2.37. The van der Waals surface area contributed by atoms with Crippen LogP contribution in [0.3, 0.4) is 0 Å². The maximum Gasteiger partial charge on any atom is 0.335 e. The fourth-order valence-corrected chi connectivity index (χ4v) is 4.09. The van der Waals surface area contributed by atoms with Gasteiger partial charge in [-0.2, -0.15) is 0 Å². The van der Waals surface area contributed by atoms with Crippen molar-refractivity contribution < 1.29 is 14.6 Å². The summed E-state index contributed by atoms with van der Waals surface area (Å²) in [7, 11) is 0. The predicted octanol–water partition coefficient (Wildman–Crippen LogP) is 5.94. The van der Waals surface area contributed by atoms with Crippen molar-refractivity contribution in [3.63, 3.8) is 0 Å². The monoisotopic (exact) mass is 386 g/mol. The van der Waals surface area contributed by atoms with Crippen LogP contribution in [-0.2, 0) is 19.3 Å². The first kappa shape index (κ1) is 19.3. The van der Waals surface area contributed by atoms with Crippen LogP contribution in [0.2, 0.25) is 0 Å². The van der Waals surface area contributed by atoms with Crippen LogP contribution in [0.4, 0.5) is 0 Å². The molecule has 0 saturated heterocycles. The summed E-state index contributed by atoms with van der Waals surface area (Å²) in [6.45, 7) is 4.34. The highest BCUT2D eigenvalue weighted by atomic mass is 16.5. The zero-order valence-electron chi connectivity index (χ0n) is 16.9. The van der Waals surface area contributed by atoms with Gasteiger partial charge in [-0.1, -0.05) is 61.5 Å². The van der Waals surface area contributed by atoms with Crippen LogP contribution < -0.4 is 4.74 Å². The minimum atomic E-state index is -0.919. The van der Waals surface area contributed by atoms with Crippen molar-refractivity contribution in [1.29, 1.82) is 0 Å². The number of benzene rings is 3. The predicted molar refractivity (Wildman–Crippen MR) is 116 cm³/mol. The maximum absolute atomic E-state index is 11.4. The topological polar surface area (TPSA) is 46.5 Å². The van der Waals surface area contributed by atoms with Crippen molar-refractivity contribution in [3.05, 3.63) is 89.0 Å². The summed E-state index contributed by atoms with van der Waals surface area (Å²) >= 11 is 0. The van der Waals surface area contributed by atoms with Gasteiger partial charge in [0, 0.05) is 12.0 Å². The van der Waals surface area contributed by atoms with Gasteiger partial charge in [0.05, 0.1) is 5.56 Å². The third-order valence-electron chi connectivity index (χ3n) is 5.80. The van der Waals surface area contributed by atoms with Crippen LogP contribution in [0, 0.1) is 0 Å². The molecule has 4 rings (SSSR count). The van der Waals surface area contributed by atoms with Crippen molar-refractivity contribution in [2.45, 2.75) is 45.1 Å². The third kappa shape index (κ3) is 4.04. The molecule has 1 N–H and O–H groups in total. The molecule has 0 bridgehead atoms. The minimum absolute atomic E-state index is 0.287. The smallest absolute Gasteiger partial charge is 0.335 e. The van der Waals surface area contributed by atoms with E-state index >= 15 is 0 Å². The SMILES string of the molecule is CCc1ccc(C[C@]2(C)CCc3cccc(-c4cccc(C(=O)O)c4)c3O2)cc1. The highest BCUT2D eigenvalue weighted by Crippen LogP contribution is 2.42. The number of carboxylic acids is 1. The average molecular weight is 386 g/mol. The highest BCUT2D eigenvalue weighted by Gasteiger charge is 2.33. The van der Waals surface area contributed by atoms with E-state index in [1.54, 1.807) is 18.2 Å². The molecule has 0 radical (unpaired) electrons. The number of aromatic carboxylic acids is 1. The van der Waals surface area contributed by atoms with Crippen LogP contribution in [0.15, 0.2) is 66.7 Å². The molecular formula is C26H26O3.